The van der Waals surface area contributed by atoms with Gasteiger partial charge in [-0.25, -0.2) is 0 Å². The molecule has 2 aliphatic rings. The SMILES string of the molecule is O=C(Nc1ccc(NC(=O)C2CCCO2)cc1)C1CCOCC1. The molecule has 124 valence electrons. The number of carbonyl (C=O) groups excluding carboxylic acids is 2. The molecule has 3 rings (SSSR count). The lowest BCUT2D eigenvalue weighted by atomic mass is 9.99. The van der Waals surface area contributed by atoms with Gasteiger partial charge in [0.15, 0.2) is 0 Å². The molecule has 2 saturated heterocycles. The van der Waals surface area contributed by atoms with Gasteiger partial charge in [-0.3, -0.25) is 9.59 Å². The molecule has 0 radical (unpaired) electrons. The van der Waals surface area contributed by atoms with Crippen molar-refractivity contribution < 1.29 is 19.1 Å². The van der Waals surface area contributed by atoms with Crippen LogP contribution in [0.2, 0.25) is 0 Å². The van der Waals surface area contributed by atoms with Gasteiger partial charge in [0.25, 0.3) is 5.91 Å². The Hall–Kier alpha value is -1.92. The summed E-state index contributed by atoms with van der Waals surface area (Å²) in [6, 6.07) is 7.16. The highest BCUT2D eigenvalue weighted by molar-refractivity contribution is 5.95. The first kappa shape index (κ1) is 16.0. The topological polar surface area (TPSA) is 76.7 Å². The highest BCUT2D eigenvalue weighted by Gasteiger charge is 2.24. The first-order valence-electron chi connectivity index (χ1n) is 8.13. The Morgan fingerprint density at radius 1 is 0.870 bits per heavy atom. The fraction of sp³-hybridized carbons (Fsp3) is 0.529. The van der Waals surface area contributed by atoms with E-state index < -0.39 is 0 Å². The van der Waals surface area contributed by atoms with Crippen molar-refractivity contribution in [2.24, 2.45) is 5.92 Å². The van der Waals surface area contributed by atoms with Crippen molar-refractivity contribution in [3.8, 4) is 0 Å². The summed E-state index contributed by atoms with van der Waals surface area (Å²) in [5, 5.41) is 5.75. The van der Waals surface area contributed by atoms with Crippen LogP contribution in [0.4, 0.5) is 11.4 Å². The second-order valence-corrected chi connectivity index (χ2v) is 5.94. The van der Waals surface area contributed by atoms with Gasteiger partial charge in [-0.2, -0.15) is 0 Å². The maximum Gasteiger partial charge on any atom is 0.253 e. The standard InChI is InChI=1S/C17H22N2O4/c20-16(12-7-10-22-11-8-12)18-13-3-5-14(6-4-13)19-17(21)15-2-1-9-23-15/h3-6,12,15H,1-2,7-11H2,(H,18,20)(H,19,21). The van der Waals surface area contributed by atoms with Crippen LogP contribution in [0.5, 0.6) is 0 Å². The number of carbonyl (C=O) groups is 2. The van der Waals surface area contributed by atoms with Gasteiger partial charge in [-0.05, 0) is 49.9 Å². The molecule has 0 aromatic heterocycles. The maximum atomic E-state index is 12.2. The first-order valence-corrected chi connectivity index (χ1v) is 8.13. The van der Waals surface area contributed by atoms with Gasteiger partial charge in [0.1, 0.15) is 6.10 Å². The average Bonchev–Trinajstić information content (AvgIpc) is 3.12. The minimum Gasteiger partial charge on any atom is -0.381 e. The number of ether oxygens (including phenoxy) is 2. The van der Waals surface area contributed by atoms with Gasteiger partial charge < -0.3 is 20.1 Å². The van der Waals surface area contributed by atoms with E-state index in [9.17, 15) is 9.59 Å². The Bertz CT molecular complexity index is 546. The van der Waals surface area contributed by atoms with Crippen LogP contribution in [0.25, 0.3) is 0 Å². The minimum atomic E-state index is -0.345. The smallest absolute Gasteiger partial charge is 0.253 e. The zero-order valence-corrected chi connectivity index (χ0v) is 13.0. The first-order chi connectivity index (χ1) is 11.2. The molecular weight excluding hydrogens is 296 g/mol. The number of anilines is 2. The summed E-state index contributed by atoms with van der Waals surface area (Å²) in [5.41, 5.74) is 1.44. The molecule has 6 nitrogen and oxygen atoms in total. The number of hydrogen-bond acceptors (Lipinski definition) is 4. The molecule has 23 heavy (non-hydrogen) atoms. The fourth-order valence-corrected chi connectivity index (χ4v) is 2.85. The molecule has 2 heterocycles. The second kappa shape index (κ2) is 7.57. The van der Waals surface area contributed by atoms with Crippen LogP contribution in [0.15, 0.2) is 24.3 Å². The Morgan fingerprint density at radius 3 is 2.04 bits per heavy atom. The van der Waals surface area contributed by atoms with Gasteiger partial charge in [0.05, 0.1) is 0 Å². The zero-order valence-electron chi connectivity index (χ0n) is 13.0. The van der Waals surface area contributed by atoms with Crippen molar-refractivity contribution in [3.05, 3.63) is 24.3 Å². The van der Waals surface area contributed by atoms with Gasteiger partial charge in [-0.1, -0.05) is 0 Å². The lowest BCUT2D eigenvalue weighted by molar-refractivity contribution is -0.124. The number of rotatable bonds is 4. The molecule has 2 aliphatic heterocycles. The molecule has 0 saturated carbocycles. The molecule has 1 unspecified atom stereocenters. The van der Waals surface area contributed by atoms with E-state index in [1.165, 1.54) is 0 Å². The molecule has 2 N–H and O–H groups in total. The summed E-state index contributed by atoms with van der Waals surface area (Å²) in [6.45, 7) is 1.94. The Balaban J connectivity index is 1.52. The second-order valence-electron chi connectivity index (χ2n) is 5.94. The summed E-state index contributed by atoms with van der Waals surface area (Å²) in [7, 11) is 0. The van der Waals surface area contributed by atoms with E-state index in [-0.39, 0.29) is 23.8 Å². The molecular formula is C17H22N2O4. The van der Waals surface area contributed by atoms with Crippen molar-refractivity contribution in [2.75, 3.05) is 30.5 Å². The number of nitrogens with one attached hydrogen (secondary N) is 2. The van der Waals surface area contributed by atoms with Crippen molar-refractivity contribution in [1.82, 2.24) is 0 Å². The monoisotopic (exact) mass is 318 g/mol. The van der Waals surface area contributed by atoms with E-state index in [0.29, 0.717) is 25.5 Å². The van der Waals surface area contributed by atoms with Crippen LogP contribution in [0.1, 0.15) is 25.7 Å². The Labute approximate surface area is 135 Å². The van der Waals surface area contributed by atoms with Gasteiger partial charge in [0, 0.05) is 37.1 Å². The lowest BCUT2D eigenvalue weighted by Gasteiger charge is -2.21. The molecule has 1 atom stereocenters. The molecule has 0 spiro atoms. The van der Waals surface area contributed by atoms with Gasteiger partial charge >= 0.3 is 0 Å². The van der Waals surface area contributed by atoms with Gasteiger partial charge in [-0.15, -0.1) is 0 Å². The van der Waals surface area contributed by atoms with E-state index in [0.717, 1.165) is 31.4 Å². The van der Waals surface area contributed by atoms with E-state index in [1.807, 2.05) is 0 Å². The normalized spacial score (nSPS) is 21.8. The molecule has 1 aromatic carbocycles. The third-order valence-corrected chi connectivity index (χ3v) is 4.23. The summed E-state index contributed by atoms with van der Waals surface area (Å²) in [5.74, 6) is -0.0615. The molecule has 6 heteroatoms. The predicted molar refractivity (Wildman–Crippen MR) is 86.2 cm³/mol. The van der Waals surface area contributed by atoms with Crippen molar-refractivity contribution in [3.63, 3.8) is 0 Å². The van der Waals surface area contributed by atoms with E-state index in [2.05, 4.69) is 10.6 Å². The van der Waals surface area contributed by atoms with Crippen molar-refractivity contribution in [2.45, 2.75) is 31.8 Å². The molecule has 1 aromatic rings. The summed E-state index contributed by atoms with van der Waals surface area (Å²) in [4.78, 5) is 24.1. The minimum absolute atomic E-state index is 0.0163. The Kier molecular flexibility index (Phi) is 5.25. The van der Waals surface area contributed by atoms with Crippen LogP contribution in [0.3, 0.4) is 0 Å². The van der Waals surface area contributed by atoms with Crippen LogP contribution in [-0.4, -0.2) is 37.7 Å². The lowest BCUT2D eigenvalue weighted by Crippen LogP contribution is -2.28. The average molecular weight is 318 g/mol. The van der Waals surface area contributed by atoms with E-state index in [4.69, 9.17) is 9.47 Å². The molecule has 0 bridgehead atoms. The highest BCUT2D eigenvalue weighted by Crippen LogP contribution is 2.20. The fourth-order valence-electron chi connectivity index (χ4n) is 2.85. The number of amides is 2. The highest BCUT2D eigenvalue weighted by atomic mass is 16.5. The summed E-state index contributed by atoms with van der Waals surface area (Å²) in [6.07, 6.45) is 2.88. The van der Waals surface area contributed by atoms with Crippen molar-refractivity contribution in [1.29, 1.82) is 0 Å². The third kappa shape index (κ3) is 4.30. The predicted octanol–water partition coefficient (Wildman–Crippen LogP) is 2.17. The van der Waals surface area contributed by atoms with E-state index in [1.54, 1.807) is 24.3 Å². The summed E-state index contributed by atoms with van der Waals surface area (Å²) < 4.78 is 10.6. The van der Waals surface area contributed by atoms with Crippen LogP contribution in [-0.2, 0) is 19.1 Å². The zero-order chi connectivity index (χ0) is 16.1. The quantitative estimate of drug-likeness (QED) is 0.892. The van der Waals surface area contributed by atoms with Crippen molar-refractivity contribution >= 4 is 23.2 Å². The van der Waals surface area contributed by atoms with Crippen LogP contribution in [0, 0.1) is 5.92 Å². The number of benzene rings is 1. The molecule has 2 amide bonds. The third-order valence-electron chi connectivity index (χ3n) is 4.23. The maximum absolute atomic E-state index is 12.2. The molecule has 0 aliphatic carbocycles. The van der Waals surface area contributed by atoms with Crippen LogP contribution < -0.4 is 10.6 Å². The van der Waals surface area contributed by atoms with Crippen LogP contribution >= 0.6 is 0 Å². The molecule has 2 fully saturated rings. The van der Waals surface area contributed by atoms with Gasteiger partial charge in [0.2, 0.25) is 5.91 Å². The number of hydrogen-bond donors (Lipinski definition) is 2. The largest absolute Gasteiger partial charge is 0.381 e. The van der Waals surface area contributed by atoms with E-state index >= 15 is 0 Å². The summed E-state index contributed by atoms with van der Waals surface area (Å²) >= 11 is 0. The Morgan fingerprint density at radius 2 is 1.48 bits per heavy atom.